The largest absolute Gasteiger partial charge is 0.481 e. The summed E-state index contributed by atoms with van der Waals surface area (Å²) in [6.45, 7) is 11.5. The number of fused-ring (bicyclic) bond motifs is 3. The predicted molar refractivity (Wildman–Crippen MR) is 119 cm³/mol. The first kappa shape index (κ1) is 23.3. The molecule has 0 heterocycles. The van der Waals surface area contributed by atoms with Crippen LogP contribution in [0.4, 0.5) is 0 Å². The van der Waals surface area contributed by atoms with Crippen molar-refractivity contribution in [1.82, 2.24) is 0 Å². The average Bonchev–Trinajstić information content (AvgIpc) is 3.14. The maximum atomic E-state index is 12.1. The Kier molecular flexibility index (Phi) is 6.74. The lowest BCUT2D eigenvalue weighted by Crippen LogP contribution is -2.44. The molecule has 0 aromatic carbocycles. The Hall–Kier alpha value is -1.32. The lowest BCUT2D eigenvalue weighted by Gasteiger charge is -2.51. The molecule has 7 atom stereocenters. The average molecular weight is 419 g/mol. The third-order valence-electron chi connectivity index (χ3n) is 9.42. The summed E-state index contributed by atoms with van der Waals surface area (Å²) in [5, 5.41) is 19.2. The second-order valence-corrected chi connectivity index (χ2v) is 11.5. The zero-order valence-electron chi connectivity index (χ0n) is 19.6. The van der Waals surface area contributed by atoms with Crippen molar-refractivity contribution in [2.75, 3.05) is 0 Å². The first-order valence-electron chi connectivity index (χ1n) is 12.2. The summed E-state index contributed by atoms with van der Waals surface area (Å²) in [4.78, 5) is 23.4. The number of carboxylic acids is 2. The van der Waals surface area contributed by atoms with Crippen LogP contribution >= 0.6 is 0 Å². The van der Waals surface area contributed by atoms with E-state index in [4.69, 9.17) is 0 Å². The predicted octanol–water partition coefficient (Wildman–Crippen LogP) is 6.40. The molecule has 2 N–H and O–H groups in total. The molecule has 30 heavy (non-hydrogen) atoms. The highest BCUT2D eigenvalue weighted by atomic mass is 16.4. The SMILES string of the molecule is CC(C)CCC[C@@H](C)[C@@H]1CC[C@H]2[C@H]3C=C(C(=O)O)[C@@](C)(CCC(=O)O)[C@@H]3CC[C@@]21C. The van der Waals surface area contributed by atoms with Crippen LogP contribution in [0, 0.1) is 46.3 Å². The molecular weight excluding hydrogens is 376 g/mol. The van der Waals surface area contributed by atoms with Gasteiger partial charge in [0.2, 0.25) is 0 Å². The standard InChI is InChI=1S/C26H42O4/c1-16(2)7-6-8-17(3)19-9-10-20-18-15-22(24(29)30)26(5,14-12-23(27)28)21(18)11-13-25(19,20)4/h15-21H,6-14H2,1-5H3,(H,27,28)(H,29,30)/t17-,18-,19+,20+,21-,25-,26+/m1/s1. The first-order valence-corrected chi connectivity index (χ1v) is 12.2. The number of hydrogen-bond acceptors (Lipinski definition) is 2. The fourth-order valence-corrected chi connectivity index (χ4v) is 7.78. The number of aliphatic carboxylic acids is 2. The highest BCUT2D eigenvalue weighted by Crippen LogP contribution is 2.67. The van der Waals surface area contributed by atoms with Gasteiger partial charge in [0.15, 0.2) is 0 Å². The van der Waals surface area contributed by atoms with E-state index >= 15 is 0 Å². The molecule has 0 unspecified atom stereocenters. The van der Waals surface area contributed by atoms with Gasteiger partial charge in [0.25, 0.3) is 0 Å². The summed E-state index contributed by atoms with van der Waals surface area (Å²) in [5.41, 5.74) is 0.254. The van der Waals surface area contributed by atoms with Crippen LogP contribution in [0.3, 0.4) is 0 Å². The normalized spacial score (nSPS) is 38.8. The Morgan fingerprint density at radius 3 is 2.37 bits per heavy atom. The monoisotopic (exact) mass is 418 g/mol. The van der Waals surface area contributed by atoms with Crippen LogP contribution < -0.4 is 0 Å². The van der Waals surface area contributed by atoms with Gasteiger partial charge in [-0.05, 0) is 73.0 Å². The Labute approximate surface area is 182 Å². The third kappa shape index (κ3) is 4.08. The summed E-state index contributed by atoms with van der Waals surface area (Å²) in [6.07, 6.45) is 11.1. The third-order valence-corrected chi connectivity index (χ3v) is 9.42. The van der Waals surface area contributed by atoms with E-state index in [1.165, 1.54) is 32.1 Å². The molecule has 2 saturated carbocycles. The topological polar surface area (TPSA) is 74.6 Å². The van der Waals surface area contributed by atoms with Crippen LogP contribution in [-0.2, 0) is 9.59 Å². The highest BCUT2D eigenvalue weighted by Gasteiger charge is 2.60. The van der Waals surface area contributed by atoms with E-state index in [1.54, 1.807) is 0 Å². The molecule has 170 valence electrons. The number of allylic oxidation sites excluding steroid dienone is 1. The Morgan fingerprint density at radius 1 is 1.07 bits per heavy atom. The minimum Gasteiger partial charge on any atom is -0.481 e. The van der Waals surface area contributed by atoms with Crippen molar-refractivity contribution in [3.63, 3.8) is 0 Å². The van der Waals surface area contributed by atoms with Gasteiger partial charge in [0.05, 0.1) is 0 Å². The molecule has 0 radical (unpaired) electrons. The molecule has 4 nitrogen and oxygen atoms in total. The van der Waals surface area contributed by atoms with E-state index in [0.29, 0.717) is 23.8 Å². The van der Waals surface area contributed by atoms with Crippen LogP contribution in [0.25, 0.3) is 0 Å². The van der Waals surface area contributed by atoms with E-state index in [0.717, 1.165) is 30.6 Å². The summed E-state index contributed by atoms with van der Waals surface area (Å²) >= 11 is 0. The van der Waals surface area contributed by atoms with Crippen molar-refractivity contribution in [3.8, 4) is 0 Å². The van der Waals surface area contributed by atoms with Crippen molar-refractivity contribution in [1.29, 1.82) is 0 Å². The lowest BCUT2D eigenvalue weighted by molar-refractivity contribution is -0.139. The molecule has 4 heteroatoms. The fraction of sp³-hybridized carbons (Fsp3) is 0.846. The van der Waals surface area contributed by atoms with Gasteiger partial charge in [-0.25, -0.2) is 4.79 Å². The smallest absolute Gasteiger partial charge is 0.331 e. The summed E-state index contributed by atoms with van der Waals surface area (Å²) in [6, 6.07) is 0. The maximum Gasteiger partial charge on any atom is 0.331 e. The number of carboxylic acid groups (broad SMARTS) is 2. The quantitative estimate of drug-likeness (QED) is 0.454. The molecule has 3 rings (SSSR count). The zero-order chi connectivity index (χ0) is 22.3. The van der Waals surface area contributed by atoms with Crippen molar-refractivity contribution in [2.24, 2.45) is 46.3 Å². The molecule has 3 aliphatic rings. The minimum absolute atomic E-state index is 0.0434. The molecule has 0 spiro atoms. The van der Waals surface area contributed by atoms with Crippen molar-refractivity contribution < 1.29 is 19.8 Å². The molecule has 0 amide bonds. The molecule has 2 fully saturated rings. The number of hydrogen-bond donors (Lipinski definition) is 2. The van der Waals surface area contributed by atoms with E-state index < -0.39 is 17.4 Å². The molecule has 0 bridgehead atoms. The van der Waals surface area contributed by atoms with E-state index in [9.17, 15) is 19.8 Å². The van der Waals surface area contributed by atoms with Gasteiger partial charge >= 0.3 is 11.9 Å². The number of rotatable bonds is 9. The molecule has 0 saturated heterocycles. The highest BCUT2D eigenvalue weighted by molar-refractivity contribution is 5.89. The molecule has 0 aromatic rings. The first-order chi connectivity index (χ1) is 14.0. The van der Waals surface area contributed by atoms with Crippen molar-refractivity contribution in [2.45, 2.75) is 92.4 Å². The van der Waals surface area contributed by atoms with E-state index in [1.807, 2.05) is 6.92 Å². The van der Waals surface area contributed by atoms with Gasteiger partial charge in [-0.3, -0.25) is 4.79 Å². The molecule has 0 aliphatic heterocycles. The van der Waals surface area contributed by atoms with Gasteiger partial charge in [0, 0.05) is 17.4 Å². The van der Waals surface area contributed by atoms with Crippen LogP contribution in [0.1, 0.15) is 92.4 Å². The summed E-state index contributed by atoms with van der Waals surface area (Å²) < 4.78 is 0. The van der Waals surface area contributed by atoms with Crippen LogP contribution in [0.15, 0.2) is 11.6 Å². The Bertz CT molecular complexity index is 695. The summed E-state index contributed by atoms with van der Waals surface area (Å²) in [7, 11) is 0. The number of carbonyl (C=O) groups is 2. The Morgan fingerprint density at radius 2 is 1.77 bits per heavy atom. The van der Waals surface area contributed by atoms with Gasteiger partial charge in [-0.2, -0.15) is 0 Å². The van der Waals surface area contributed by atoms with Gasteiger partial charge in [-0.1, -0.05) is 60.0 Å². The van der Waals surface area contributed by atoms with Crippen LogP contribution in [0.5, 0.6) is 0 Å². The maximum absolute atomic E-state index is 12.1. The fourth-order valence-electron chi connectivity index (χ4n) is 7.78. The van der Waals surface area contributed by atoms with Gasteiger partial charge in [-0.15, -0.1) is 0 Å². The van der Waals surface area contributed by atoms with Crippen molar-refractivity contribution in [3.05, 3.63) is 11.6 Å². The van der Waals surface area contributed by atoms with Crippen LogP contribution in [-0.4, -0.2) is 22.2 Å². The summed E-state index contributed by atoms with van der Waals surface area (Å²) in [5.74, 6) is 1.63. The second-order valence-electron chi connectivity index (χ2n) is 11.5. The van der Waals surface area contributed by atoms with E-state index in [2.05, 4.69) is 33.8 Å². The second kappa shape index (κ2) is 8.67. The van der Waals surface area contributed by atoms with Gasteiger partial charge < -0.3 is 10.2 Å². The minimum atomic E-state index is -0.851. The molecular formula is C26H42O4. The zero-order valence-corrected chi connectivity index (χ0v) is 19.6. The Balaban J connectivity index is 1.79. The van der Waals surface area contributed by atoms with Crippen molar-refractivity contribution >= 4 is 11.9 Å². The van der Waals surface area contributed by atoms with Gasteiger partial charge in [0.1, 0.15) is 0 Å². The van der Waals surface area contributed by atoms with Crippen LogP contribution in [0.2, 0.25) is 0 Å². The lowest BCUT2D eigenvalue weighted by atomic mass is 9.53. The van der Waals surface area contributed by atoms with E-state index in [-0.39, 0.29) is 17.8 Å². The molecule has 3 aliphatic carbocycles. The molecule has 0 aromatic heterocycles.